The Morgan fingerprint density at radius 2 is 1.56 bits per heavy atom. The van der Waals surface area contributed by atoms with Crippen LogP contribution in [0.2, 0.25) is 5.82 Å². The maximum absolute atomic E-state index is 2.82. The molecule has 4 unspecified atom stereocenters. The second kappa shape index (κ2) is 9.68. The van der Waals surface area contributed by atoms with Gasteiger partial charge < -0.3 is 9.80 Å². The van der Waals surface area contributed by atoms with Crippen LogP contribution in [-0.2, 0) is 0 Å². The average Bonchev–Trinajstić information content (AvgIpc) is 2.96. The first-order chi connectivity index (χ1) is 19.6. The van der Waals surface area contributed by atoms with Crippen LogP contribution >= 0.6 is 0 Å². The van der Waals surface area contributed by atoms with Crippen LogP contribution < -0.4 is 20.7 Å². The van der Waals surface area contributed by atoms with Crippen LogP contribution in [0.4, 0.5) is 17.1 Å². The molecule has 4 atom stereocenters. The molecule has 0 spiro atoms. The van der Waals surface area contributed by atoms with E-state index >= 15 is 0 Å². The highest BCUT2D eigenvalue weighted by atomic mass is 15.2. The quantitative estimate of drug-likeness (QED) is 0.279. The second-order valence-corrected chi connectivity index (χ2v) is 14.9. The summed E-state index contributed by atoms with van der Waals surface area (Å²) >= 11 is 0. The van der Waals surface area contributed by atoms with Crippen LogP contribution in [0.25, 0.3) is 0 Å². The molecule has 0 radical (unpaired) electrons. The van der Waals surface area contributed by atoms with E-state index in [0.717, 1.165) is 12.8 Å². The van der Waals surface area contributed by atoms with Gasteiger partial charge in [-0.15, -0.1) is 0 Å². The molecule has 2 aliphatic heterocycles. The molecular weight excluding hydrogens is 495 g/mol. The summed E-state index contributed by atoms with van der Waals surface area (Å²) in [5.74, 6) is 1.04. The highest BCUT2D eigenvalue weighted by Crippen LogP contribution is 2.47. The predicted molar refractivity (Wildman–Crippen MR) is 178 cm³/mol. The summed E-state index contributed by atoms with van der Waals surface area (Å²) in [5, 5.41) is 0. The van der Waals surface area contributed by atoms with Crippen LogP contribution in [-0.4, -0.2) is 18.8 Å². The predicted octanol–water partition coefficient (Wildman–Crippen LogP) is 8.46. The van der Waals surface area contributed by atoms with Crippen molar-refractivity contribution in [2.45, 2.75) is 85.1 Å². The lowest BCUT2D eigenvalue weighted by Crippen LogP contribution is -2.64. The van der Waals surface area contributed by atoms with Gasteiger partial charge in [-0.3, -0.25) is 0 Å². The Balaban J connectivity index is 1.37. The largest absolute Gasteiger partial charge is 0.362 e. The van der Waals surface area contributed by atoms with E-state index in [9.17, 15) is 0 Å². The molecule has 0 fully saturated rings. The topological polar surface area (TPSA) is 6.48 Å². The molecule has 3 heteroatoms. The number of para-hydroxylation sites is 1. The van der Waals surface area contributed by atoms with Crippen LogP contribution in [0.1, 0.15) is 67.2 Å². The van der Waals surface area contributed by atoms with Crippen LogP contribution in [0.15, 0.2) is 102 Å². The molecule has 41 heavy (non-hydrogen) atoms. The van der Waals surface area contributed by atoms with Gasteiger partial charge in [0.15, 0.2) is 0 Å². The van der Waals surface area contributed by atoms with E-state index in [1.165, 1.54) is 52.1 Å². The fourth-order valence-corrected chi connectivity index (χ4v) is 8.09. The van der Waals surface area contributed by atoms with E-state index in [0.29, 0.717) is 30.5 Å². The smallest absolute Gasteiger partial charge is 0.226 e. The molecule has 5 aliphatic rings. The van der Waals surface area contributed by atoms with Gasteiger partial charge in [-0.2, -0.15) is 0 Å². The molecule has 0 N–H and O–H groups in total. The van der Waals surface area contributed by atoms with E-state index < -0.39 is 0 Å². The molecular formula is C38H45BN2. The monoisotopic (exact) mass is 540 g/mol. The minimum atomic E-state index is 0.188. The maximum Gasteiger partial charge on any atom is 0.226 e. The van der Waals surface area contributed by atoms with Crippen molar-refractivity contribution >= 4 is 34.7 Å². The van der Waals surface area contributed by atoms with Gasteiger partial charge in [0.1, 0.15) is 0 Å². The summed E-state index contributed by atoms with van der Waals surface area (Å²) in [6.45, 7) is 14.4. The van der Waals surface area contributed by atoms with Crippen LogP contribution in [0.3, 0.4) is 0 Å². The molecule has 3 aliphatic carbocycles. The molecule has 0 saturated heterocycles. The minimum Gasteiger partial charge on any atom is -0.362 e. The van der Waals surface area contributed by atoms with Crippen molar-refractivity contribution in [3.8, 4) is 0 Å². The number of nitrogens with zero attached hydrogens (tertiary/aromatic N) is 2. The number of hydrogen-bond acceptors (Lipinski definition) is 2. The van der Waals surface area contributed by atoms with Crippen molar-refractivity contribution in [3.63, 3.8) is 0 Å². The third-order valence-corrected chi connectivity index (χ3v) is 10.3. The molecule has 0 amide bonds. The van der Waals surface area contributed by atoms with Gasteiger partial charge in [0, 0.05) is 28.8 Å². The number of rotatable bonds is 2. The van der Waals surface area contributed by atoms with Gasteiger partial charge in [0.25, 0.3) is 0 Å². The minimum absolute atomic E-state index is 0.188. The summed E-state index contributed by atoms with van der Waals surface area (Å²) in [5.41, 5.74) is 10.4. The van der Waals surface area contributed by atoms with Crippen molar-refractivity contribution < 1.29 is 0 Å². The number of allylic oxidation sites excluding steroid dienone is 6. The van der Waals surface area contributed by atoms with Gasteiger partial charge in [0.2, 0.25) is 6.71 Å². The van der Waals surface area contributed by atoms with Crippen LogP contribution in [0.5, 0.6) is 0 Å². The van der Waals surface area contributed by atoms with Crippen molar-refractivity contribution in [2.75, 3.05) is 9.80 Å². The molecule has 7 rings (SSSR count). The molecule has 2 aromatic rings. The summed E-state index contributed by atoms with van der Waals surface area (Å²) in [7, 11) is 0. The van der Waals surface area contributed by atoms with Gasteiger partial charge in [0.05, 0.1) is 6.04 Å². The highest BCUT2D eigenvalue weighted by molar-refractivity contribution is 6.91. The average molecular weight is 541 g/mol. The number of benzene rings is 2. The second-order valence-electron chi connectivity index (χ2n) is 14.9. The zero-order valence-corrected chi connectivity index (χ0v) is 25.8. The Kier molecular flexibility index (Phi) is 6.30. The Bertz CT molecular complexity index is 1510. The Hall–Kier alpha value is -3.20. The van der Waals surface area contributed by atoms with Gasteiger partial charge in [-0.05, 0) is 89.0 Å². The summed E-state index contributed by atoms with van der Waals surface area (Å²) in [6.07, 6.45) is 24.3. The number of anilines is 3. The number of hydrogen-bond donors (Lipinski definition) is 0. The van der Waals surface area contributed by atoms with E-state index in [4.69, 9.17) is 0 Å². The van der Waals surface area contributed by atoms with Gasteiger partial charge in [-0.1, -0.05) is 108 Å². The Labute approximate surface area is 248 Å². The number of fused-ring (bicyclic) bond motifs is 4. The fourth-order valence-electron chi connectivity index (χ4n) is 8.09. The van der Waals surface area contributed by atoms with Gasteiger partial charge >= 0.3 is 0 Å². The first-order valence-corrected chi connectivity index (χ1v) is 15.9. The molecule has 0 aromatic heterocycles. The first-order valence-electron chi connectivity index (χ1n) is 15.9. The lowest BCUT2D eigenvalue weighted by Gasteiger charge is -2.53. The summed E-state index contributed by atoms with van der Waals surface area (Å²) in [6, 6.07) is 17.2. The summed E-state index contributed by atoms with van der Waals surface area (Å²) in [4.78, 5) is 5.39. The van der Waals surface area contributed by atoms with Gasteiger partial charge in [-0.25, -0.2) is 0 Å². The summed E-state index contributed by atoms with van der Waals surface area (Å²) < 4.78 is 0. The lowest BCUT2D eigenvalue weighted by atomic mass is 9.28. The lowest BCUT2D eigenvalue weighted by molar-refractivity contribution is 0.293. The zero-order valence-electron chi connectivity index (χ0n) is 25.8. The van der Waals surface area contributed by atoms with E-state index in [1.54, 1.807) is 0 Å². The Morgan fingerprint density at radius 3 is 2.27 bits per heavy atom. The Morgan fingerprint density at radius 1 is 0.780 bits per heavy atom. The fraction of sp³-hybridized carbons (Fsp3) is 0.421. The van der Waals surface area contributed by atoms with Crippen molar-refractivity contribution in [2.24, 2.45) is 16.7 Å². The normalized spacial score (nSPS) is 26.7. The third-order valence-electron chi connectivity index (χ3n) is 10.3. The SMILES string of the molecule is CC(C)(C)C1=CCC(N2c3cccc4c3B(c3ccccc3N4C3=CCC(C(C)(C)C)C=C3)C3C=CCCC32)C=C1. The first kappa shape index (κ1) is 26.7. The van der Waals surface area contributed by atoms with E-state index in [1.807, 2.05) is 0 Å². The third kappa shape index (κ3) is 4.39. The maximum atomic E-state index is 2.82. The van der Waals surface area contributed by atoms with Crippen molar-refractivity contribution in [1.82, 2.24) is 0 Å². The van der Waals surface area contributed by atoms with E-state index in [2.05, 4.69) is 142 Å². The van der Waals surface area contributed by atoms with E-state index in [-0.39, 0.29) is 10.8 Å². The van der Waals surface area contributed by atoms with Crippen molar-refractivity contribution in [1.29, 1.82) is 0 Å². The highest BCUT2D eigenvalue weighted by Gasteiger charge is 2.50. The van der Waals surface area contributed by atoms with Crippen LogP contribution in [0, 0.1) is 16.7 Å². The molecule has 0 bridgehead atoms. The molecule has 0 saturated carbocycles. The molecule has 2 nitrogen and oxygen atoms in total. The molecule has 2 heterocycles. The molecule has 210 valence electrons. The standard InChI is InChI=1S/C38H45BN2/c1-37(2,3)26-18-22-28(23-19-26)40-32-14-9-7-12-30(32)39-31-13-8-10-15-33(31)41(35-17-11-16-34(40)36(35)39)29-24-20-27(21-25-29)38(4,5)6/h7-9,11-14,16-18,20-24,26,29,31,33H,10,15,19,25H2,1-6H3. The zero-order chi connectivity index (χ0) is 28.5. The molecule has 2 aromatic carbocycles. The van der Waals surface area contributed by atoms with Crippen molar-refractivity contribution in [3.05, 3.63) is 102 Å².